The number of sulfonamides is 1. The molecule has 1 aromatic heterocycles. The van der Waals surface area contributed by atoms with Crippen molar-refractivity contribution >= 4 is 47.3 Å². The molecule has 0 fully saturated rings. The van der Waals surface area contributed by atoms with Crippen molar-refractivity contribution in [3.05, 3.63) is 23.0 Å². The average Bonchev–Trinajstić information content (AvgIpc) is 2.87. The highest BCUT2D eigenvalue weighted by molar-refractivity contribution is 7.90. The molecular formula is C15H21N3O6S3. The quantitative estimate of drug-likeness (QED) is 0.608. The summed E-state index contributed by atoms with van der Waals surface area (Å²) in [6.07, 6.45) is 2.13. The van der Waals surface area contributed by atoms with Crippen molar-refractivity contribution in [2.24, 2.45) is 4.99 Å². The fourth-order valence-electron chi connectivity index (χ4n) is 2.22. The molecule has 0 bridgehead atoms. The molecule has 0 spiro atoms. The standard InChI is InChI=1S/C15H21N3O6S3/c1-17(27(4,22)23)10-14(19)16-15-18(7-8-24-2)12-6-5-11(26(3,20)21)9-13(12)25-15/h5-6,9H,7-8,10H2,1-4H3. The van der Waals surface area contributed by atoms with E-state index in [2.05, 4.69) is 4.99 Å². The lowest BCUT2D eigenvalue weighted by molar-refractivity contribution is -0.118. The summed E-state index contributed by atoms with van der Waals surface area (Å²) in [4.78, 5) is 16.7. The van der Waals surface area contributed by atoms with Crippen LogP contribution in [0.3, 0.4) is 0 Å². The largest absolute Gasteiger partial charge is 0.383 e. The monoisotopic (exact) mass is 435 g/mol. The van der Waals surface area contributed by atoms with Crippen LogP contribution in [0.2, 0.25) is 0 Å². The van der Waals surface area contributed by atoms with Crippen LogP contribution in [-0.2, 0) is 35.9 Å². The van der Waals surface area contributed by atoms with E-state index in [1.807, 2.05) is 0 Å². The van der Waals surface area contributed by atoms with Crippen LogP contribution in [0.15, 0.2) is 28.1 Å². The van der Waals surface area contributed by atoms with Gasteiger partial charge < -0.3 is 9.30 Å². The Balaban J connectivity index is 2.54. The number of carbonyl (C=O) groups is 1. The first-order chi connectivity index (χ1) is 12.4. The minimum Gasteiger partial charge on any atom is -0.383 e. The minimum absolute atomic E-state index is 0.171. The second kappa shape index (κ2) is 8.19. The van der Waals surface area contributed by atoms with E-state index in [4.69, 9.17) is 4.74 Å². The van der Waals surface area contributed by atoms with E-state index in [0.717, 1.165) is 28.2 Å². The number of hydrogen-bond donors (Lipinski definition) is 0. The fourth-order valence-corrected chi connectivity index (χ4v) is 4.40. The first kappa shape index (κ1) is 21.7. The molecule has 0 N–H and O–H groups in total. The first-order valence-corrected chi connectivity index (χ1v) is 12.3. The van der Waals surface area contributed by atoms with E-state index < -0.39 is 25.8 Å². The molecule has 1 heterocycles. The van der Waals surface area contributed by atoms with Gasteiger partial charge in [-0.3, -0.25) is 4.79 Å². The minimum atomic E-state index is -3.50. The third kappa shape index (κ3) is 5.45. The number of amides is 1. The Morgan fingerprint density at radius 2 is 1.93 bits per heavy atom. The number of likely N-dealkylation sites (N-methyl/N-ethyl adjacent to an activating group) is 1. The number of ether oxygens (including phenoxy) is 1. The highest BCUT2D eigenvalue weighted by atomic mass is 32.2. The van der Waals surface area contributed by atoms with Gasteiger partial charge in [0.2, 0.25) is 10.0 Å². The molecule has 2 aromatic rings. The van der Waals surface area contributed by atoms with Gasteiger partial charge >= 0.3 is 0 Å². The van der Waals surface area contributed by atoms with Crippen molar-refractivity contribution in [3.8, 4) is 0 Å². The van der Waals surface area contributed by atoms with Crippen molar-refractivity contribution in [2.45, 2.75) is 11.4 Å². The fraction of sp³-hybridized carbons (Fsp3) is 0.467. The molecule has 2 rings (SSSR count). The summed E-state index contributed by atoms with van der Waals surface area (Å²) in [5.74, 6) is -0.621. The Labute approximate surface area is 161 Å². The van der Waals surface area contributed by atoms with Crippen molar-refractivity contribution < 1.29 is 26.4 Å². The Kier molecular flexibility index (Phi) is 6.58. The predicted octanol–water partition coefficient (Wildman–Crippen LogP) is 0.0714. The summed E-state index contributed by atoms with van der Waals surface area (Å²) >= 11 is 1.16. The van der Waals surface area contributed by atoms with E-state index >= 15 is 0 Å². The maximum Gasteiger partial charge on any atom is 0.263 e. The highest BCUT2D eigenvalue weighted by Crippen LogP contribution is 2.22. The molecule has 0 aliphatic carbocycles. The third-order valence-corrected chi connectivity index (χ3v) is 7.16. The van der Waals surface area contributed by atoms with Crippen LogP contribution in [-0.4, -0.2) is 71.4 Å². The second-order valence-corrected chi connectivity index (χ2v) is 11.1. The summed E-state index contributed by atoms with van der Waals surface area (Å²) in [7, 11) is -4.03. The molecule has 0 saturated heterocycles. The van der Waals surface area contributed by atoms with E-state index in [-0.39, 0.29) is 11.4 Å². The number of rotatable bonds is 7. The van der Waals surface area contributed by atoms with Gasteiger partial charge in [-0.25, -0.2) is 16.8 Å². The summed E-state index contributed by atoms with van der Waals surface area (Å²) < 4.78 is 54.8. The highest BCUT2D eigenvalue weighted by Gasteiger charge is 2.16. The number of benzene rings is 1. The molecule has 0 unspecified atom stereocenters. The lowest BCUT2D eigenvalue weighted by atomic mass is 10.3. The topological polar surface area (TPSA) is 115 Å². The molecule has 1 amide bonds. The lowest BCUT2D eigenvalue weighted by Crippen LogP contribution is -2.31. The number of aromatic nitrogens is 1. The van der Waals surface area contributed by atoms with Crippen LogP contribution >= 0.6 is 11.3 Å². The molecule has 0 atom stereocenters. The van der Waals surface area contributed by atoms with Gasteiger partial charge in [-0.05, 0) is 18.2 Å². The molecular weight excluding hydrogens is 414 g/mol. The van der Waals surface area contributed by atoms with Crippen LogP contribution in [0.4, 0.5) is 0 Å². The van der Waals surface area contributed by atoms with E-state index in [0.29, 0.717) is 28.2 Å². The molecule has 0 aliphatic rings. The maximum absolute atomic E-state index is 12.2. The average molecular weight is 436 g/mol. The smallest absolute Gasteiger partial charge is 0.263 e. The normalized spacial score (nSPS) is 13.6. The van der Waals surface area contributed by atoms with Gasteiger partial charge in [0.05, 0.1) is 34.5 Å². The van der Waals surface area contributed by atoms with Gasteiger partial charge in [-0.15, -0.1) is 0 Å². The van der Waals surface area contributed by atoms with Crippen LogP contribution in [0.1, 0.15) is 0 Å². The Morgan fingerprint density at radius 3 is 2.48 bits per heavy atom. The van der Waals surface area contributed by atoms with E-state index in [1.165, 1.54) is 19.2 Å². The number of carbonyl (C=O) groups excluding carboxylic acids is 1. The van der Waals surface area contributed by atoms with Gasteiger partial charge in [0.25, 0.3) is 5.91 Å². The molecule has 27 heavy (non-hydrogen) atoms. The Morgan fingerprint density at radius 1 is 1.26 bits per heavy atom. The van der Waals surface area contributed by atoms with Gasteiger partial charge in [-0.2, -0.15) is 9.30 Å². The predicted molar refractivity (Wildman–Crippen MR) is 103 cm³/mol. The van der Waals surface area contributed by atoms with E-state index in [1.54, 1.807) is 17.7 Å². The molecule has 1 aromatic carbocycles. The first-order valence-electron chi connectivity index (χ1n) is 7.74. The summed E-state index contributed by atoms with van der Waals surface area (Å²) in [5.41, 5.74) is 0.715. The summed E-state index contributed by atoms with van der Waals surface area (Å²) in [6.45, 7) is 0.388. The second-order valence-electron chi connectivity index (χ2n) is 5.96. The number of hydrogen-bond acceptors (Lipinski definition) is 7. The van der Waals surface area contributed by atoms with Gasteiger partial charge in [0.15, 0.2) is 14.6 Å². The van der Waals surface area contributed by atoms with Gasteiger partial charge in [-0.1, -0.05) is 11.3 Å². The molecule has 0 saturated carbocycles. The number of nitrogens with zero attached hydrogens (tertiary/aromatic N) is 3. The van der Waals surface area contributed by atoms with Gasteiger partial charge in [0.1, 0.15) is 0 Å². The van der Waals surface area contributed by atoms with Gasteiger partial charge in [0, 0.05) is 27.0 Å². The summed E-state index contributed by atoms with van der Waals surface area (Å²) in [5, 5.41) is 0. The van der Waals surface area contributed by atoms with Crippen LogP contribution in [0, 0.1) is 0 Å². The van der Waals surface area contributed by atoms with Crippen LogP contribution < -0.4 is 4.80 Å². The zero-order chi connectivity index (χ0) is 20.4. The molecule has 12 heteroatoms. The van der Waals surface area contributed by atoms with E-state index in [9.17, 15) is 21.6 Å². The Bertz CT molecular complexity index is 1130. The number of sulfone groups is 1. The molecule has 0 radical (unpaired) electrons. The molecule has 0 aliphatic heterocycles. The number of fused-ring (bicyclic) bond motifs is 1. The van der Waals surface area contributed by atoms with Crippen molar-refractivity contribution in [1.29, 1.82) is 0 Å². The molecule has 150 valence electrons. The maximum atomic E-state index is 12.2. The third-order valence-electron chi connectivity index (χ3n) is 3.75. The van der Waals surface area contributed by atoms with Crippen LogP contribution in [0.5, 0.6) is 0 Å². The van der Waals surface area contributed by atoms with Crippen molar-refractivity contribution in [2.75, 3.05) is 39.8 Å². The Hall–Kier alpha value is -1.60. The number of methoxy groups -OCH3 is 1. The summed E-state index contributed by atoms with van der Waals surface area (Å²) in [6, 6.07) is 4.69. The van der Waals surface area contributed by atoms with Crippen LogP contribution in [0.25, 0.3) is 10.2 Å². The SMILES string of the molecule is COCCn1c(=NC(=O)CN(C)S(C)(=O)=O)sc2cc(S(C)(=O)=O)ccc21. The zero-order valence-corrected chi connectivity index (χ0v) is 17.8. The zero-order valence-electron chi connectivity index (χ0n) is 15.4. The van der Waals surface area contributed by atoms with Crippen molar-refractivity contribution in [1.82, 2.24) is 8.87 Å². The lowest BCUT2D eigenvalue weighted by Gasteiger charge is -2.10. The van der Waals surface area contributed by atoms with Crippen molar-refractivity contribution in [3.63, 3.8) is 0 Å². The molecule has 9 nitrogen and oxygen atoms in total. The number of thiazole rings is 1.